The molecule has 0 aliphatic carbocycles. The lowest BCUT2D eigenvalue weighted by molar-refractivity contribution is 0.390. The fraction of sp³-hybridized carbons (Fsp3) is 0.222. The first-order valence-corrected chi connectivity index (χ1v) is 10.0. The molecule has 1 saturated heterocycles. The van der Waals surface area contributed by atoms with Crippen molar-refractivity contribution < 1.29 is 8.42 Å². The molecule has 1 aliphatic heterocycles. The zero-order valence-electron chi connectivity index (χ0n) is 14.4. The Kier molecular flexibility index (Phi) is 4.78. The SMILES string of the molecule is O=S(=O)(c1ccccc1)N1CCCC1c1cncc(Nc2cnccn2)n1. The van der Waals surface area contributed by atoms with Gasteiger partial charge in [0.05, 0.1) is 35.2 Å². The monoisotopic (exact) mass is 382 g/mol. The molecule has 9 heteroatoms. The lowest BCUT2D eigenvalue weighted by Crippen LogP contribution is -2.31. The molecular formula is C18H18N6O2S. The van der Waals surface area contributed by atoms with Gasteiger partial charge in [-0.15, -0.1) is 0 Å². The largest absolute Gasteiger partial charge is 0.322 e. The highest BCUT2D eigenvalue weighted by molar-refractivity contribution is 7.89. The Morgan fingerprint density at radius 1 is 1.00 bits per heavy atom. The second-order valence-electron chi connectivity index (χ2n) is 6.13. The van der Waals surface area contributed by atoms with Crippen molar-refractivity contribution in [2.45, 2.75) is 23.8 Å². The van der Waals surface area contributed by atoms with Gasteiger partial charge >= 0.3 is 0 Å². The van der Waals surface area contributed by atoms with Gasteiger partial charge in [-0.3, -0.25) is 9.97 Å². The smallest absolute Gasteiger partial charge is 0.243 e. The topological polar surface area (TPSA) is 101 Å². The highest BCUT2D eigenvalue weighted by atomic mass is 32.2. The highest BCUT2D eigenvalue weighted by Gasteiger charge is 2.37. The molecule has 0 bridgehead atoms. The second kappa shape index (κ2) is 7.37. The van der Waals surface area contributed by atoms with Crippen LogP contribution in [-0.4, -0.2) is 39.2 Å². The van der Waals surface area contributed by atoms with Crippen LogP contribution in [0.4, 0.5) is 11.6 Å². The Bertz CT molecular complexity index is 1010. The minimum Gasteiger partial charge on any atom is -0.322 e. The molecule has 3 aromatic rings. The van der Waals surface area contributed by atoms with Crippen LogP contribution in [0.2, 0.25) is 0 Å². The molecule has 138 valence electrons. The van der Waals surface area contributed by atoms with Gasteiger partial charge in [0.2, 0.25) is 10.0 Å². The Balaban J connectivity index is 1.62. The van der Waals surface area contributed by atoms with Crippen LogP contribution in [0.25, 0.3) is 0 Å². The standard InChI is InChI=1S/C18H18N6O2S/c25-27(26,14-5-2-1-3-6-14)24-10-4-7-16(24)15-11-20-13-18(22-15)23-17-12-19-8-9-21-17/h1-3,5-6,8-9,11-13,16H,4,7,10H2,(H,21,22,23). The van der Waals surface area contributed by atoms with E-state index in [9.17, 15) is 8.42 Å². The summed E-state index contributed by atoms with van der Waals surface area (Å²) in [7, 11) is -3.58. The van der Waals surface area contributed by atoms with E-state index < -0.39 is 10.0 Å². The maximum absolute atomic E-state index is 13.0. The molecule has 8 nitrogen and oxygen atoms in total. The Morgan fingerprint density at radius 2 is 1.81 bits per heavy atom. The van der Waals surface area contributed by atoms with Gasteiger partial charge in [-0.05, 0) is 25.0 Å². The Labute approximate surface area is 157 Å². The number of aromatic nitrogens is 4. The molecular weight excluding hydrogens is 364 g/mol. The van der Waals surface area contributed by atoms with Crippen molar-refractivity contribution in [3.8, 4) is 0 Å². The summed E-state index contributed by atoms with van der Waals surface area (Å²) >= 11 is 0. The minimum absolute atomic E-state index is 0.290. The van der Waals surface area contributed by atoms with E-state index in [1.165, 1.54) is 4.31 Å². The van der Waals surface area contributed by atoms with Crippen LogP contribution in [-0.2, 0) is 10.0 Å². The van der Waals surface area contributed by atoms with Crippen LogP contribution in [0.3, 0.4) is 0 Å². The van der Waals surface area contributed by atoms with E-state index in [0.29, 0.717) is 35.2 Å². The summed E-state index contributed by atoms with van der Waals surface area (Å²) in [5.41, 5.74) is 0.612. The van der Waals surface area contributed by atoms with Gasteiger partial charge < -0.3 is 5.32 Å². The summed E-state index contributed by atoms with van der Waals surface area (Å²) in [5, 5.41) is 3.04. The molecule has 1 N–H and O–H groups in total. The van der Waals surface area contributed by atoms with Crippen molar-refractivity contribution >= 4 is 21.7 Å². The highest BCUT2D eigenvalue weighted by Crippen LogP contribution is 2.35. The lowest BCUT2D eigenvalue weighted by Gasteiger charge is -2.23. The summed E-state index contributed by atoms with van der Waals surface area (Å²) in [4.78, 5) is 17.2. The second-order valence-corrected chi connectivity index (χ2v) is 8.02. The molecule has 1 aromatic carbocycles. The van der Waals surface area contributed by atoms with E-state index in [1.807, 2.05) is 0 Å². The predicted octanol–water partition coefficient (Wildman–Crippen LogP) is 2.54. The summed E-state index contributed by atoms with van der Waals surface area (Å²) in [6, 6.07) is 8.14. The molecule has 0 spiro atoms. The van der Waals surface area contributed by atoms with Crippen LogP contribution < -0.4 is 5.32 Å². The fourth-order valence-corrected chi connectivity index (χ4v) is 4.84. The quantitative estimate of drug-likeness (QED) is 0.723. The Hall–Kier alpha value is -2.91. The maximum Gasteiger partial charge on any atom is 0.243 e. The van der Waals surface area contributed by atoms with Crippen LogP contribution in [0.1, 0.15) is 24.6 Å². The third-order valence-corrected chi connectivity index (χ3v) is 6.29. The van der Waals surface area contributed by atoms with E-state index >= 15 is 0 Å². The average Bonchev–Trinajstić information content (AvgIpc) is 3.21. The molecule has 27 heavy (non-hydrogen) atoms. The average molecular weight is 382 g/mol. The van der Waals surface area contributed by atoms with Gasteiger partial charge in [0.15, 0.2) is 0 Å². The number of nitrogens with zero attached hydrogens (tertiary/aromatic N) is 5. The van der Waals surface area contributed by atoms with E-state index in [2.05, 4.69) is 25.3 Å². The van der Waals surface area contributed by atoms with E-state index in [0.717, 1.165) is 6.42 Å². The van der Waals surface area contributed by atoms with Crippen LogP contribution in [0, 0.1) is 0 Å². The van der Waals surface area contributed by atoms with Gasteiger partial charge in [-0.1, -0.05) is 18.2 Å². The van der Waals surface area contributed by atoms with Crippen molar-refractivity contribution in [2.24, 2.45) is 0 Å². The zero-order valence-corrected chi connectivity index (χ0v) is 15.2. The maximum atomic E-state index is 13.0. The summed E-state index contributed by atoms with van der Waals surface area (Å²) < 4.78 is 27.6. The Morgan fingerprint density at radius 3 is 2.59 bits per heavy atom. The summed E-state index contributed by atoms with van der Waals surface area (Å²) in [5.74, 6) is 1.04. The first-order valence-electron chi connectivity index (χ1n) is 8.56. The minimum atomic E-state index is -3.58. The number of hydrogen-bond donors (Lipinski definition) is 1. The van der Waals surface area contributed by atoms with Gasteiger partial charge in [0, 0.05) is 18.9 Å². The van der Waals surface area contributed by atoms with Gasteiger partial charge in [-0.25, -0.2) is 18.4 Å². The molecule has 1 atom stereocenters. The van der Waals surface area contributed by atoms with Gasteiger partial charge in [0.25, 0.3) is 0 Å². The number of rotatable bonds is 5. The van der Waals surface area contributed by atoms with E-state index in [-0.39, 0.29) is 6.04 Å². The van der Waals surface area contributed by atoms with Crippen molar-refractivity contribution in [1.82, 2.24) is 24.2 Å². The van der Waals surface area contributed by atoms with Crippen LogP contribution in [0.5, 0.6) is 0 Å². The summed E-state index contributed by atoms with van der Waals surface area (Å²) in [6.45, 7) is 0.464. The molecule has 0 saturated carbocycles. The van der Waals surface area contributed by atoms with Crippen LogP contribution >= 0.6 is 0 Å². The number of hydrogen-bond acceptors (Lipinski definition) is 7. The van der Waals surface area contributed by atoms with Gasteiger partial charge in [-0.2, -0.15) is 4.31 Å². The number of benzene rings is 1. The van der Waals surface area contributed by atoms with E-state index in [1.54, 1.807) is 61.3 Å². The number of sulfonamides is 1. The predicted molar refractivity (Wildman–Crippen MR) is 99.7 cm³/mol. The molecule has 1 aliphatic rings. The number of anilines is 2. The fourth-order valence-electron chi connectivity index (χ4n) is 3.15. The first kappa shape index (κ1) is 17.5. The zero-order chi connectivity index (χ0) is 18.7. The van der Waals surface area contributed by atoms with E-state index in [4.69, 9.17) is 0 Å². The lowest BCUT2D eigenvalue weighted by atomic mass is 10.2. The van der Waals surface area contributed by atoms with Crippen LogP contribution in [0.15, 0.2) is 66.2 Å². The van der Waals surface area contributed by atoms with Crippen molar-refractivity contribution in [1.29, 1.82) is 0 Å². The first-order chi connectivity index (χ1) is 13.1. The van der Waals surface area contributed by atoms with Crippen molar-refractivity contribution in [2.75, 3.05) is 11.9 Å². The van der Waals surface area contributed by atoms with Crippen molar-refractivity contribution in [3.05, 3.63) is 67.0 Å². The molecule has 1 unspecified atom stereocenters. The molecule has 1 fully saturated rings. The number of nitrogens with one attached hydrogen (secondary N) is 1. The third kappa shape index (κ3) is 3.64. The third-order valence-electron chi connectivity index (χ3n) is 4.37. The molecule has 2 aromatic heterocycles. The molecule has 0 radical (unpaired) electrons. The molecule has 4 rings (SSSR count). The normalized spacial score (nSPS) is 17.7. The van der Waals surface area contributed by atoms with Gasteiger partial charge in [0.1, 0.15) is 11.6 Å². The summed E-state index contributed by atoms with van der Waals surface area (Å²) in [6.07, 6.45) is 9.41. The molecule has 0 amide bonds. The molecule has 3 heterocycles. The van der Waals surface area contributed by atoms with Crippen molar-refractivity contribution in [3.63, 3.8) is 0 Å².